The van der Waals surface area contributed by atoms with E-state index in [1.807, 2.05) is 31.3 Å². The van der Waals surface area contributed by atoms with Gasteiger partial charge in [0, 0.05) is 26.3 Å². The number of cyclic esters (lactones) is 1. The van der Waals surface area contributed by atoms with E-state index in [-0.39, 0.29) is 52.1 Å². The lowest BCUT2D eigenvalue weighted by atomic mass is 10.0. The summed E-state index contributed by atoms with van der Waals surface area (Å²) in [5.74, 6) is -2.93. The number of allylic oxidation sites excluding steroid dienone is 1. The number of carbonyl (C=O) groups is 5. The number of rotatable bonds is 18. The van der Waals surface area contributed by atoms with Crippen LogP contribution in [0.5, 0.6) is 5.75 Å². The van der Waals surface area contributed by atoms with Crippen molar-refractivity contribution >= 4 is 106 Å². The fourth-order valence-electron chi connectivity index (χ4n) is 6.18. The summed E-state index contributed by atoms with van der Waals surface area (Å²) in [5, 5.41) is 10.1. The molecule has 4 amide bonds. The first-order valence-corrected chi connectivity index (χ1v) is 27.3. The highest BCUT2D eigenvalue weighted by molar-refractivity contribution is 7.94. The number of benzene rings is 2. The quantitative estimate of drug-likeness (QED) is 0.0421. The number of carboxylic acids is 1. The Hall–Kier alpha value is -3.68. The zero-order chi connectivity index (χ0) is 53.2. The van der Waals surface area contributed by atoms with Crippen LogP contribution < -0.4 is 24.7 Å². The topological polar surface area (TPSA) is 215 Å². The van der Waals surface area contributed by atoms with E-state index in [2.05, 4.69) is 44.9 Å². The number of nitrogens with one attached hydrogen (secondary N) is 1. The van der Waals surface area contributed by atoms with Crippen LogP contribution in [-0.4, -0.2) is 126 Å². The number of hydrogen-bond donors (Lipinski definition) is 3. The number of carboxylic acid groups (broad SMARTS) is 1. The summed E-state index contributed by atoms with van der Waals surface area (Å²) in [4.78, 5) is 78.4. The van der Waals surface area contributed by atoms with E-state index in [1.165, 1.54) is 11.0 Å². The number of alkyl halides is 3. The smallest absolute Gasteiger partial charge is 0.427 e. The number of hydrogen-bond acceptors (Lipinski definition) is 11. The van der Waals surface area contributed by atoms with Crippen molar-refractivity contribution in [2.45, 2.75) is 83.7 Å². The second-order valence-electron chi connectivity index (χ2n) is 15.7. The van der Waals surface area contributed by atoms with Gasteiger partial charge in [-0.25, -0.2) is 14.1 Å². The molecule has 1 saturated carbocycles. The van der Waals surface area contributed by atoms with Crippen LogP contribution >= 0.6 is 54.0 Å². The van der Waals surface area contributed by atoms with Crippen molar-refractivity contribution in [3.05, 3.63) is 88.9 Å². The zero-order valence-corrected chi connectivity index (χ0v) is 45.3. The van der Waals surface area contributed by atoms with Gasteiger partial charge in [0.25, 0.3) is 5.91 Å². The van der Waals surface area contributed by atoms with Gasteiger partial charge >= 0.3 is 18.0 Å². The number of para-hydroxylation sites is 1. The molecule has 2 aromatic rings. The SMILES string of the molecule is C=CCN(CC=C)C(=O)C(Cl)Cl.CC(C)=C1OC(=O)N(c2cc(OC3CCCC3)c(Cl)cc2F)C1=O.CCc1cccc(C)c1N(C(=O)CCl)C(C)COC.C[S+](C)C.O=C(O)CNCP(=O)([O-])O. The Morgan fingerprint density at radius 1 is 1.12 bits per heavy atom. The van der Waals surface area contributed by atoms with E-state index >= 15 is 0 Å². The predicted octanol–water partition coefficient (Wildman–Crippen LogP) is 8.39. The van der Waals surface area contributed by atoms with Crippen molar-refractivity contribution < 1.29 is 62.0 Å². The van der Waals surface area contributed by atoms with Gasteiger partial charge in [-0.05, 0) is 93.5 Å². The van der Waals surface area contributed by atoms with Crippen molar-refractivity contribution in [2.24, 2.45) is 0 Å². The number of aliphatic carboxylic acids is 1. The fourth-order valence-corrected chi connectivity index (χ4v) is 7.17. The first-order chi connectivity index (χ1) is 32.2. The van der Waals surface area contributed by atoms with Crippen LogP contribution in [-0.2, 0) is 50.5 Å². The molecule has 4 rings (SSSR count). The summed E-state index contributed by atoms with van der Waals surface area (Å²) in [7, 11) is -2.07. The first-order valence-electron chi connectivity index (χ1n) is 21.3. The molecule has 0 radical (unpaired) electrons. The Labute approximate surface area is 428 Å². The molecule has 2 unspecified atom stereocenters. The van der Waals surface area contributed by atoms with E-state index < -0.39 is 49.0 Å². The van der Waals surface area contributed by atoms with E-state index in [4.69, 9.17) is 70.6 Å². The third-order valence-corrected chi connectivity index (χ3v) is 10.5. The molecule has 1 aliphatic carbocycles. The summed E-state index contributed by atoms with van der Waals surface area (Å²) < 4.78 is 40.2. The molecule has 2 fully saturated rings. The highest BCUT2D eigenvalue weighted by atomic mass is 35.5. The zero-order valence-electron chi connectivity index (χ0n) is 40.5. The second kappa shape index (κ2) is 33.8. The minimum atomic E-state index is -4.35. The Balaban J connectivity index is 0.000000918. The predicted molar refractivity (Wildman–Crippen MR) is 275 cm³/mol. The molecule has 0 spiro atoms. The monoisotopic (exact) mass is 1090 g/mol. The normalized spacial score (nSPS) is 14.3. The van der Waals surface area contributed by atoms with Crippen molar-refractivity contribution in [1.29, 1.82) is 0 Å². The number of amides is 4. The molecule has 16 nitrogen and oxygen atoms in total. The largest absolute Gasteiger partial charge is 0.778 e. The van der Waals surface area contributed by atoms with Gasteiger partial charge in [-0.1, -0.05) is 72.1 Å². The number of anilines is 2. The van der Waals surface area contributed by atoms with Gasteiger partial charge in [-0.2, -0.15) is 0 Å². The number of imide groups is 1. The van der Waals surface area contributed by atoms with E-state index in [0.717, 1.165) is 55.0 Å². The third kappa shape index (κ3) is 24.3. The molecule has 0 bridgehead atoms. The highest BCUT2D eigenvalue weighted by Crippen LogP contribution is 2.38. The van der Waals surface area contributed by atoms with Gasteiger partial charge in [0.1, 0.15) is 25.0 Å². The maximum absolute atomic E-state index is 14.3. The van der Waals surface area contributed by atoms with Crippen LogP contribution in [0.25, 0.3) is 0 Å². The minimum Gasteiger partial charge on any atom is -0.778 e. The van der Waals surface area contributed by atoms with E-state index in [0.29, 0.717) is 41.1 Å². The van der Waals surface area contributed by atoms with Crippen molar-refractivity contribution in [1.82, 2.24) is 10.2 Å². The fraction of sp³-hybridized carbons (Fsp3) is 0.500. The maximum Gasteiger partial charge on any atom is 0.427 e. The Morgan fingerprint density at radius 3 is 2.12 bits per heavy atom. The molecule has 23 heteroatoms. The molecule has 0 aromatic heterocycles. The molecule has 2 aromatic carbocycles. The van der Waals surface area contributed by atoms with Crippen molar-refractivity contribution in [2.75, 3.05) is 74.1 Å². The van der Waals surface area contributed by atoms with Crippen LogP contribution in [0.1, 0.15) is 64.5 Å². The van der Waals surface area contributed by atoms with Crippen molar-refractivity contribution in [3.63, 3.8) is 0 Å². The average Bonchev–Trinajstić information content (AvgIpc) is 3.88. The third-order valence-electron chi connectivity index (χ3n) is 9.02. The number of ether oxygens (including phenoxy) is 3. The minimum absolute atomic E-state index is 0.00962. The van der Waals surface area contributed by atoms with E-state index in [9.17, 15) is 37.8 Å². The van der Waals surface area contributed by atoms with Gasteiger partial charge in [0.15, 0.2) is 10.6 Å². The lowest BCUT2D eigenvalue weighted by Gasteiger charge is -2.31. The van der Waals surface area contributed by atoms with Gasteiger partial charge in [0.05, 0.1) is 66.7 Å². The van der Waals surface area contributed by atoms with Gasteiger partial charge in [-0.3, -0.25) is 24.5 Å². The summed E-state index contributed by atoms with van der Waals surface area (Å²) >= 11 is 22.6. The lowest BCUT2D eigenvalue weighted by molar-refractivity contribution is -0.193. The summed E-state index contributed by atoms with van der Waals surface area (Å²) in [5.41, 5.74) is 3.52. The molecular weight excluding hydrogens is 1020 g/mol. The van der Waals surface area contributed by atoms with Crippen molar-refractivity contribution in [3.8, 4) is 5.75 Å². The number of aryl methyl sites for hydroxylation is 2. The number of nitrogens with zero attached hydrogens (tertiary/aromatic N) is 3. The average molecular weight is 1090 g/mol. The Kier molecular flexibility index (Phi) is 32.0. The Bertz CT molecular complexity index is 2090. The number of carbonyl (C=O) groups excluding carboxylic acids is 4. The molecule has 1 heterocycles. The first kappa shape index (κ1) is 65.3. The van der Waals surface area contributed by atoms with Gasteiger partial charge < -0.3 is 43.5 Å². The molecule has 3 N–H and O–H groups in total. The summed E-state index contributed by atoms with van der Waals surface area (Å²) in [6.45, 7) is 17.2. The summed E-state index contributed by atoms with van der Waals surface area (Å²) in [6.07, 6.45) is 13.0. The van der Waals surface area contributed by atoms with Crippen LogP contribution in [0, 0.1) is 12.7 Å². The number of halogens is 5. The van der Waals surface area contributed by atoms with Crippen LogP contribution in [0.3, 0.4) is 0 Å². The molecular formula is C46H66Cl4FN4O12PS. The van der Waals surface area contributed by atoms with E-state index in [1.54, 1.807) is 38.0 Å². The molecule has 1 saturated heterocycles. The molecule has 1 aliphatic heterocycles. The standard InChI is InChI=1S/C17H17ClFNO4.C15H22ClNO2.C8H11Cl2NO.C3H8NO5P.C3H9S/c1-9(2)15-16(21)20(17(22)24-15)13-8-14(11(18)7-12(13)19)23-10-5-3-4-6-10;1-5-13-8-6-7-11(2)15(13)17(14(18)9-16)12(3)10-19-4;1-3-5-11(6-4-2)8(12)7(9)10;5-3(6)1-4-2-10(7,8)9;1-4(2)3/h7-8,10H,3-6H2,1-2H3;6-8,12H,5,9-10H2,1-4H3;3-4,7H,1-2,5-6H2;4H,1-2H2,(H,5,6)(H2,7,8,9);1-3H3/q;;;;+1/p-1. The summed E-state index contributed by atoms with van der Waals surface area (Å²) in [6, 6.07) is 8.37. The highest BCUT2D eigenvalue weighted by Gasteiger charge is 2.40. The molecule has 69 heavy (non-hydrogen) atoms. The van der Waals surface area contributed by atoms with Crippen LogP contribution in [0.4, 0.5) is 20.6 Å². The lowest BCUT2D eigenvalue weighted by Crippen LogP contribution is -2.43. The second-order valence-corrected chi connectivity index (χ2v) is 21.5. The molecule has 2 aliphatic rings. The van der Waals surface area contributed by atoms with Crippen LogP contribution in [0.2, 0.25) is 5.02 Å². The molecule has 2 atom stereocenters. The molecule has 388 valence electrons. The Morgan fingerprint density at radius 2 is 1.68 bits per heavy atom. The maximum atomic E-state index is 14.3. The van der Waals surface area contributed by atoms with Crippen LogP contribution in [0.15, 0.2) is 67.0 Å². The van der Waals surface area contributed by atoms with Gasteiger partial charge in [0.2, 0.25) is 5.91 Å². The number of methoxy groups -OCH3 is 1. The van der Waals surface area contributed by atoms with Gasteiger partial charge in [-0.15, -0.1) is 24.8 Å².